The number of hydrogen-bond acceptors (Lipinski definition) is 1. The quantitative estimate of drug-likeness (QED) is 0.816. The van der Waals surface area contributed by atoms with Crippen LogP contribution in [0.25, 0.3) is 0 Å². The number of benzene rings is 1. The lowest BCUT2D eigenvalue weighted by atomic mass is 9.85. The highest BCUT2D eigenvalue weighted by molar-refractivity contribution is 5.37. The van der Waals surface area contributed by atoms with Crippen LogP contribution >= 0.6 is 0 Å². The van der Waals surface area contributed by atoms with Gasteiger partial charge in [0.05, 0.1) is 0 Å². The Hall–Kier alpha value is -0.960. The van der Waals surface area contributed by atoms with Crippen LogP contribution in [0.15, 0.2) is 18.2 Å². The molecule has 0 spiro atoms. The van der Waals surface area contributed by atoms with Crippen LogP contribution in [-0.4, -0.2) is 0 Å². The first-order chi connectivity index (χ1) is 7.53. The number of halogens is 2. The van der Waals surface area contributed by atoms with Crippen molar-refractivity contribution >= 4 is 0 Å². The molecule has 0 amide bonds. The zero-order chi connectivity index (χ0) is 11.8. The Bertz CT molecular complexity index is 382. The van der Waals surface area contributed by atoms with Crippen molar-refractivity contribution in [2.75, 3.05) is 0 Å². The summed E-state index contributed by atoms with van der Waals surface area (Å²) < 4.78 is 25.3. The number of rotatable bonds is 2. The maximum absolute atomic E-state index is 12.6. The van der Waals surface area contributed by atoms with Crippen LogP contribution in [0.3, 0.4) is 0 Å². The maximum Gasteiger partial charge on any atom is 0.263 e. The predicted octanol–water partition coefficient (Wildman–Crippen LogP) is 3.66. The number of alkyl halides is 2. The molecule has 0 bridgehead atoms. The Balaban J connectivity index is 2.42. The zero-order valence-electron chi connectivity index (χ0n) is 9.47. The van der Waals surface area contributed by atoms with Gasteiger partial charge in [-0.05, 0) is 37.0 Å². The monoisotopic (exact) mass is 225 g/mol. The highest BCUT2D eigenvalue weighted by Gasteiger charge is 2.32. The molecule has 0 heterocycles. The molecule has 1 aromatic carbocycles. The van der Waals surface area contributed by atoms with Gasteiger partial charge in [0.2, 0.25) is 0 Å². The third kappa shape index (κ3) is 1.96. The van der Waals surface area contributed by atoms with Gasteiger partial charge in [-0.25, -0.2) is 8.78 Å². The summed E-state index contributed by atoms with van der Waals surface area (Å²) in [6.07, 6.45) is 1.58. The summed E-state index contributed by atoms with van der Waals surface area (Å²) in [5.74, 6) is 0. The lowest BCUT2D eigenvalue weighted by Crippen LogP contribution is -2.34. The van der Waals surface area contributed by atoms with Gasteiger partial charge in [0, 0.05) is 11.1 Å². The van der Waals surface area contributed by atoms with E-state index in [0.717, 1.165) is 36.8 Å². The van der Waals surface area contributed by atoms with Crippen LogP contribution in [0.4, 0.5) is 8.78 Å². The molecule has 1 fully saturated rings. The molecule has 0 saturated heterocycles. The maximum atomic E-state index is 12.6. The Labute approximate surface area is 94.7 Å². The average Bonchev–Trinajstić information content (AvgIpc) is 2.66. The fourth-order valence-corrected chi connectivity index (χ4v) is 2.59. The third-order valence-electron chi connectivity index (χ3n) is 3.55. The summed E-state index contributed by atoms with van der Waals surface area (Å²) in [5.41, 5.74) is 7.93. The van der Waals surface area contributed by atoms with Gasteiger partial charge in [-0.2, -0.15) is 0 Å². The molecule has 88 valence electrons. The molecule has 0 unspecified atom stereocenters. The summed E-state index contributed by atoms with van der Waals surface area (Å²) in [5, 5.41) is 0. The van der Waals surface area contributed by atoms with Gasteiger partial charge in [-0.15, -0.1) is 0 Å². The van der Waals surface area contributed by atoms with E-state index in [-0.39, 0.29) is 11.1 Å². The Kier molecular flexibility index (Phi) is 2.98. The molecule has 3 heteroatoms. The average molecular weight is 225 g/mol. The standard InChI is InChI=1S/C13H17F2N/c1-9-4-5-10(12(14)15)8-11(9)13(16)6-2-3-7-13/h4-5,8,12H,2-3,6-7,16H2,1H3. The lowest BCUT2D eigenvalue weighted by Gasteiger charge is -2.26. The van der Waals surface area contributed by atoms with Crippen LogP contribution in [0.1, 0.15) is 48.8 Å². The SMILES string of the molecule is Cc1ccc(C(F)F)cc1C1(N)CCCC1. The topological polar surface area (TPSA) is 26.0 Å². The molecule has 0 atom stereocenters. The Morgan fingerprint density at radius 2 is 1.88 bits per heavy atom. The highest BCUT2D eigenvalue weighted by Crippen LogP contribution is 2.38. The highest BCUT2D eigenvalue weighted by atomic mass is 19.3. The largest absolute Gasteiger partial charge is 0.321 e. The molecule has 2 N–H and O–H groups in total. The second kappa shape index (κ2) is 4.13. The first kappa shape index (κ1) is 11.5. The lowest BCUT2D eigenvalue weighted by molar-refractivity contribution is 0.151. The van der Waals surface area contributed by atoms with Crippen molar-refractivity contribution in [1.29, 1.82) is 0 Å². The third-order valence-corrected chi connectivity index (χ3v) is 3.55. The van der Waals surface area contributed by atoms with E-state index in [0.29, 0.717) is 0 Å². The van der Waals surface area contributed by atoms with Crippen molar-refractivity contribution in [1.82, 2.24) is 0 Å². The van der Waals surface area contributed by atoms with Crippen LogP contribution in [0, 0.1) is 6.92 Å². The summed E-state index contributed by atoms with van der Waals surface area (Å²) in [6, 6.07) is 4.83. The Morgan fingerprint density at radius 3 is 2.44 bits per heavy atom. The molecule has 1 aromatic rings. The first-order valence-corrected chi connectivity index (χ1v) is 5.71. The fourth-order valence-electron chi connectivity index (χ4n) is 2.59. The molecule has 16 heavy (non-hydrogen) atoms. The minimum absolute atomic E-state index is 0.0809. The van der Waals surface area contributed by atoms with E-state index in [1.165, 1.54) is 6.07 Å². The minimum Gasteiger partial charge on any atom is -0.321 e. The molecule has 1 aliphatic carbocycles. The van der Waals surface area contributed by atoms with E-state index in [1.54, 1.807) is 12.1 Å². The minimum atomic E-state index is -2.41. The first-order valence-electron chi connectivity index (χ1n) is 5.71. The number of aryl methyl sites for hydroxylation is 1. The molecule has 0 aliphatic heterocycles. The smallest absolute Gasteiger partial charge is 0.263 e. The molecule has 0 radical (unpaired) electrons. The van der Waals surface area contributed by atoms with Crippen molar-refractivity contribution in [3.63, 3.8) is 0 Å². The summed E-state index contributed by atoms with van der Waals surface area (Å²) >= 11 is 0. The van der Waals surface area contributed by atoms with Gasteiger partial charge in [-0.3, -0.25) is 0 Å². The van der Waals surface area contributed by atoms with Crippen molar-refractivity contribution in [2.24, 2.45) is 5.73 Å². The van der Waals surface area contributed by atoms with Crippen LogP contribution in [0.5, 0.6) is 0 Å². The van der Waals surface area contributed by atoms with Crippen LogP contribution in [0.2, 0.25) is 0 Å². The van der Waals surface area contributed by atoms with Crippen molar-refractivity contribution < 1.29 is 8.78 Å². The van der Waals surface area contributed by atoms with E-state index in [2.05, 4.69) is 0 Å². The second-order valence-corrected chi connectivity index (χ2v) is 4.74. The van der Waals surface area contributed by atoms with Crippen LogP contribution in [-0.2, 0) is 5.54 Å². The second-order valence-electron chi connectivity index (χ2n) is 4.74. The van der Waals surface area contributed by atoms with E-state index < -0.39 is 6.43 Å². The van der Waals surface area contributed by atoms with Gasteiger partial charge in [-0.1, -0.05) is 25.0 Å². The molecule has 1 saturated carbocycles. The normalized spacial score (nSPS) is 19.3. The van der Waals surface area contributed by atoms with Crippen LogP contribution < -0.4 is 5.73 Å². The Morgan fingerprint density at radius 1 is 1.25 bits per heavy atom. The zero-order valence-corrected chi connectivity index (χ0v) is 9.47. The van der Waals surface area contributed by atoms with E-state index in [4.69, 9.17) is 5.73 Å². The van der Waals surface area contributed by atoms with Crippen molar-refractivity contribution in [3.05, 3.63) is 34.9 Å². The molecule has 0 aromatic heterocycles. The molecular formula is C13H17F2N. The fraction of sp³-hybridized carbons (Fsp3) is 0.538. The van der Waals surface area contributed by atoms with Gasteiger partial charge < -0.3 is 5.73 Å². The molecule has 2 rings (SSSR count). The van der Waals surface area contributed by atoms with Gasteiger partial charge in [0.25, 0.3) is 6.43 Å². The predicted molar refractivity (Wildman–Crippen MR) is 60.5 cm³/mol. The molecule has 1 aliphatic rings. The number of nitrogens with two attached hydrogens (primary N) is 1. The van der Waals surface area contributed by atoms with E-state index in [1.807, 2.05) is 6.92 Å². The molecule has 1 nitrogen and oxygen atoms in total. The van der Waals surface area contributed by atoms with E-state index in [9.17, 15) is 8.78 Å². The summed E-state index contributed by atoms with van der Waals surface area (Å²) in [7, 11) is 0. The molecular weight excluding hydrogens is 208 g/mol. The van der Waals surface area contributed by atoms with Gasteiger partial charge in [0.1, 0.15) is 0 Å². The van der Waals surface area contributed by atoms with Gasteiger partial charge in [0.15, 0.2) is 0 Å². The van der Waals surface area contributed by atoms with Crippen molar-refractivity contribution in [3.8, 4) is 0 Å². The van der Waals surface area contributed by atoms with Gasteiger partial charge >= 0.3 is 0 Å². The van der Waals surface area contributed by atoms with E-state index >= 15 is 0 Å². The summed E-state index contributed by atoms with van der Waals surface area (Å²) in [4.78, 5) is 0. The number of hydrogen-bond donors (Lipinski definition) is 1. The summed E-state index contributed by atoms with van der Waals surface area (Å²) in [6.45, 7) is 1.94. The van der Waals surface area contributed by atoms with Crippen molar-refractivity contribution in [2.45, 2.75) is 44.6 Å².